The summed E-state index contributed by atoms with van der Waals surface area (Å²) in [6.07, 6.45) is 5.29. The van der Waals surface area contributed by atoms with Crippen molar-refractivity contribution in [3.8, 4) is 18.1 Å². The van der Waals surface area contributed by atoms with Crippen molar-refractivity contribution >= 4 is 0 Å². The molecule has 0 bridgehead atoms. The van der Waals surface area contributed by atoms with Crippen molar-refractivity contribution < 1.29 is 4.74 Å². The average Bonchev–Trinajstić information content (AvgIpc) is 2.59. The molecule has 1 unspecified atom stereocenters. The summed E-state index contributed by atoms with van der Waals surface area (Å²) in [5.41, 5.74) is 2.07. The fourth-order valence-electron chi connectivity index (χ4n) is 1.54. The van der Waals surface area contributed by atoms with Gasteiger partial charge in [0.05, 0.1) is 6.04 Å². The molecule has 1 heterocycles. The molecule has 0 fully saturated rings. The first-order valence-electron chi connectivity index (χ1n) is 4.26. The number of rotatable bonds is 1. The first-order valence-corrected chi connectivity index (χ1v) is 4.26. The summed E-state index contributed by atoms with van der Waals surface area (Å²) in [7, 11) is 1.93. The smallest absolute Gasteiger partial charge is 0.125 e. The Morgan fingerprint density at radius 1 is 1.62 bits per heavy atom. The Morgan fingerprint density at radius 2 is 2.46 bits per heavy atom. The number of benzene rings is 1. The Hall–Kier alpha value is -1.46. The van der Waals surface area contributed by atoms with Crippen LogP contribution in [0, 0.1) is 12.3 Å². The number of hydrogen-bond acceptors (Lipinski definition) is 2. The van der Waals surface area contributed by atoms with Crippen LogP contribution in [-0.4, -0.2) is 13.7 Å². The summed E-state index contributed by atoms with van der Waals surface area (Å²) in [6.45, 7) is 0.694. The lowest BCUT2D eigenvalue weighted by atomic mass is 10.1. The summed E-state index contributed by atoms with van der Waals surface area (Å²) in [4.78, 5) is 0. The van der Waals surface area contributed by atoms with Crippen LogP contribution in [0.1, 0.15) is 17.2 Å². The van der Waals surface area contributed by atoms with Gasteiger partial charge in [-0.25, -0.2) is 0 Å². The quantitative estimate of drug-likeness (QED) is 0.647. The van der Waals surface area contributed by atoms with E-state index in [0.717, 1.165) is 11.3 Å². The molecule has 1 aromatic rings. The Labute approximate surface area is 77.9 Å². The van der Waals surface area contributed by atoms with Crippen molar-refractivity contribution in [3.05, 3.63) is 29.3 Å². The zero-order valence-corrected chi connectivity index (χ0v) is 7.50. The van der Waals surface area contributed by atoms with Crippen LogP contribution in [0.3, 0.4) is 0 Å². The van der Waals surface area contributed by atoms with Gasteiger partial charge in [-0.05, 0) is 19.2 Å². The molecule has 1 atom stereocenters. The van der Waals surface area contributed by atoms with Crippen LogP contribution in [0.4, 0.5) is 0 Å². The fourth-order valence-corrected chi connectivity index (χ4v) is 1.54. The highest BCUT2D eigenvalue weighted by Crippen LogP contribution is 2.32. The van der Waals surface area contributed by atoms with Crippen molar-refractivity contribution in [1.29, 1.82) is 0 Å². The molecule has 1 aliphatic heterocycles. The zero-order valence-electron chi connectivity index (χ0n) is 7.50. The molecule has 0 aromatic heterocycles. The normalized spacial score (nSPS) is 18.9. The predicted molar refractivity (Wildman–Crippen MR) is 51.7 cm³/mol. The summed E-state index contributed by atoms with van der Waals surface area (Å²) >= 11 is 0. The Morgan fingerprint density at radius 3 is 3.15 bits per heavy atom. The topological polar surface area (TPSA) is 21.3 Å². The minimum absolute atomic E-state index is 0.307. The third kappa shape index (κ3) is 1.28. The zero-order chi connectivity index (χ0) is 9.26. The number of nitrogens with one attached hydrogen (secondary N) is 1. The second-order valence-corrected chi connectivity index (χ2v) is 3.05. The van der Waals surface area contributed by atoms with Gasteiger partial charge < -0.3 is 10.1 Å². The first-order chi connectivity index (χ1) is 6.35. The van der Waals surface area contributed by atoms with Gasteiger partial charge in [-0.3, -0.25) is 0 Å². The second-order valence-electron chi connectivity index (χ2n) is 3.05. The molecule has 13 heavy (non-hydrogen) atoms. The number of terminal acetylenes is 1. The molecule has 1 N–H and O–H groups in total. The van der Waals surface area contributed by atoms with Gasteiger partial charge in [0.25, 0.3) is 0 Å². The van der Waals surface area contributed by atoms with E-state index in [1.54, 1.807) is 0 Å². The second kappa shape index (κ2) is 3.12. The summed E-state index contributed by atoms with van der Waals surface area (Å²) in [5.74, 6) is 3.50. The largest absolute Gasteiger partial charge is 0.491 e. The predicted octanol–water partition coefficient (Wildman–Crippen LogP) is 1.32. The van der Waals surface area contributed by atoms with Crippen molar-refractivity contribution in [1.82, 2.24) is 5.32 Å². The lowest BCUT2D eigenvalue weighted by Crippen LogP contribution is -2.17. The van der Waals surface area contributed by atoms with E-state index >= 15 is 0 Å². The van der Waals surface area contributed by atoms with Gasteiger partial charge >= 0.3 is 0 Å². The average molecular weight is 173 g/mol. The van der Waals surface area contributed by atoms with Gasteiger partial charge in [-0.2, -0.15) is 0 Å². The molecule has 0 saturated carbocycles. The summed E-state index contributed by atoms with van der Waals surface area (Å²) < 4.78 is 5.49. The van der Waals surface area contributed by atoms with Crippen LogP contribution in [0.2, 0.25) is 0 Å². The molecule has 0 saturated heterocycles. The molecule has 0 radical (unpaired) electrons. The van der Waals surface area contributed by atoms with Crippen molar-refractivity contribution in [3.63, 3.8) is 0 Å². The minimum Gasteiger partial charge on any atom is -0.491 e. The Kier molecular flexibility index (Phi) is 1.96. The van der Waals surface area contributed by atoms with Crippen LogP contribution in [0.25, 0.3) is 0 Å². The van der Waals surface area contributed by atoms with E-state index in [2.05, 4.69) is 11.2 Å². The molecular formula is C11H11NO. The van der Waals surface area contributed by atoms with E-state index in [1.165, 1.54) is 5.56 Å². The van der Waals surface area contributed by atoms with Gasteiger partial charge in [-0.15, -0.1) is 6.42 Å². The maximum Gasteiger partial charge on any atom is 0.125 e. The summed E-state index contributed by atoms with van der Waals surface area (Å²) in [6, 6.07) is 6.19. The molecule has 66 valence electrons. The lowest BCUT2D eigenvalue weighted by molar-refractivity contribution is 0.318. The van der Waals surface area contributed by atoms with E-state index in [-0.39, 0.29) is 0 Å². The first kappa shape index (κ1) is 8.15. The van der Waals surface area contributed by atoms with Crippen LogP contribution in [0.15, 0.2) is 18.2 Å². The number of likely N-dealkylation sites (N-methyl/N-ethyl adjacent to an activating group) is 1. The van der Waals surface area contributed by atoms with E-state index in [9.17, 15) is 0 Å². The molecule has 1 aliphatic rings. The van der Waals surface area contributed by atoms with Gasteiger partial charge in [0.15, 0.2) is 0 Å². The molecule has 2 nitrogen and oxygen atoms in total. The van der Waals surface area contributed by atoms with Gasteiger partial charge in [0.2, 0.25) is 0 Å². The maximum atomic E-state index is 5.49. The highest BCUT2D eigenvalue weighted by molar-refractivity contribution is 5.47. The fraction of sp³-hybridized carbons (Fsp3) is 0.273. The van der Waals surface area contributed by atoms with E-state index in [1.807, 2.05) is 25.2 Å². The van der Waals surface area contributed by atoms with Gasteiger partial charge in [0, 0.05) is 11.1 Å². The van der Waals surface area contributed by atoms with E-state index in [0.29, 0.717) is 12.6 Å². The molecule has 0 amide bonds. The van der Waals surface area contributed by atoms with Crippen LogP contribution >= 0.6 is 0 Å². The summed E-state index contributed by atoms with van der Waals surface area (Å²) in [5, 5.41) is 3.18. The van der Waals surface area contributed by atoms with Crippen molar-refractivity contribution in [2.75, 3.05) is 13.7 Å². The highest BCUT2D eigenvalue weighted by atomic mass is 16.5. The third-order valence-corrected chi connectivity index (χ3v) is 2.31. The molecule has 2 rings (SSSR count). The molecule has 1 aromatic carbocycles. The minimum atomic E-state index is 0.307. The Bertz CT molecular complexity index is 365. The monoisotopic (exact) mass is 173 g/mol. The van der Waals surface area contributed by atoms with Gasteiger partial charge in [0.1, 0.15) is 12.4 Å². The Balaban J connectivity index is 2.41. The van der Waals surface area contributed by atoms with Crippen LogP contribution in [0.5, 0.6) is 5.75 Å². The van der Waals surface area contributed by atoms with Crippen molar-refractivity contribution in [2.45, 2.75) is 6.04 Å². The number of fused-ring (bicyclic) bond motifs is 1. The van der Waals surface area contributed by atoms with E-state index in [4.69, 9.17) is 11.2 Å². The highest BCUT2D eigenvalue weighted by Gasteiger charge is 2.22. The van der Waals surface area contributed by atoms with Crippen LogP contribution < -0.4 is 10.1 Å². The molecular weight excluding hydrogens is 162 g/mol. The lowest BCUT2D eigenvalue weighted by Gasteiger charge is -2.05. The number of ether oxygens (including phenoxy) is 1. The molecule has 0 spiro atoms. The van der Waals surface area contributed by atoms with E-state index < -0.39 is 0 Å². The molecule has 0 aliphatic carbocycles. The number of hydrogen-bond donors (Lipinski definition) is 1. The van der Waals surface area contributed by atoms with Gasteiger partial charge in [-0.1, -0.05) is 12.0 Å². The SMILES string of the molecule is C#Cc1ccc2c(c1)OCC2NC. The van der Waals surface area contributed by atoms with Crippen LogP contribution in [-0.2, 0) is 0 Å². The standard InChI is InChI=1S/C11H11NO/c1-3-8-4-5-9-10(12-2)7-13-11(9)6-8/h1,4-6,10,12H,7H2,2H3. The van der Waals surface area contributed by atoms with Crippen molar-refractivity contribution in [2.24, 2.45) is 0 Å². The maximum absolute atomic E-state index is 5.49. The molecule has 2 heteroatoms. The third-order valence-electron chi connectivity index (χ3n) is 2.31.